The summed E-state index contributed by atoms with van der Waals surface area (Å²) in [6.07, 6.45) is 0.619. The molecule has 2 rings (SSSR count). The molecule has 162 valence electrons. The van der Waals surface area contributed by atoms with Gasteiger partial charge in [-0.15, -0.1) is 0 Å². The van der Waals surface area contributed by atoms with E-state index in [0.29, 0.717) is 12.3 Å². The van der Waals surface area contributed by atoms with Crippen molar-refractivity contribution in [3.05, 3.63) is 42.5 Å². The van der Waals surface area contributed by atoms with Crippen LogP contribution in [0.3, 0.4) is 0 Å². The number of esters is 1. The number of carbonyl (C=O) groups is 4. The molecule has 0 saturated carbocycles. The maximum absolute atomic E-state index is 12.2. The summed E-state index contributed by atoms with van der Waals surface area (Å²) in [5.41, 5.74) is 0.762. The molecule has 0 aliphatic heterocycles. The van der Waals surface area contributed by atoms with Gasteiger partial charge in [-0.05, 0) is 23.8 Å². The highest BCUT2D eigenvalue weighted by molar-refractivity contribution is 6.27. The van der Waals surface area contributed by atoms with E-state index in [0.717, 1.165) is 16.5 Å². The summed E-state index contributed by atoms with van der Waals surface area (Å²) in [4.78, 5) is 42.2. The van der Waals surface area contributed by atoms with Gasteiger partial charge in [0.05, 0.1) is 13.7 Å². The highest BCUT2D eigenvalue weighted by Crippen LogP contribution is 2.22. The van der Waals surface area contributed by atoms with Gasteiger partial charge in [0.2, 0.25) is 5.91 Å². The fraction of sp³-hybridized carbons (Fsp3) is 0.333. The van der Waals surface area contributed by atoms with E-state index < -0.39 is 18.0 Å². The molecule has 30 heavy (non-hydrogen) atoms. The van der Waals surface area contributed by atoms with Gasteiger partial charge in [-0.1, -0.05) is 50.2 Å². The van der Waals surface area contributed by atoms with Crippen molar-refractivity contribution in [1.29, 1.82) is 0 Å². The fourth-order valence-corrected chi connectivity index (χ4v) is 2.62. The fourth-order valence-electron chi connectivity index (χ4n) is 2.62. The van der Waals surface area contributed by atoms with Gasteiger partial charge >= 0.3 is 17.9 Å². The zero-order valence-corrected chi connectivity index (χ0v) is 17.0. The zero-order valence-electron chi connectivity index (χ0n) is 17.0. The Hall–Kier alpha value is -3.46. The summed E-state index contributed by atoms with van der Waals surface area (Å²) in [6.45, 7) is 4.09. The van der Waals surface area contributed by atoms with Crippen LogP contribution in [0.5, 0.6) is 0 Å². The highest BCUT2D eigenvalue weighted by atomic mass is 16.5. The smallest absolute Gasteiger partial charge is 0.414 e. The molecule has 0 radical (unpaired) electrons. The van der Waals surface area contributed by atoms with E-state index in [1.165, 1.54) is 7.11 Å². The molecule has 0 bridgehead atoms. The number of hydrogen-bond donors (Lipinski definition) is 4. The minimum absolute atomic E-state index is 0.0513. The van der Waals surface area contributed by atoms with Crippen LogP contribution in [0.15, 0.2) is 42.5 Å². The number of hydrogen-bond acceptors (Lipinski definition) is 6. The highest BCUT2D eigenvalue weighted by Gasteiger charge is 2.20. The first-order valence-electron chi connectivity index (χ1n) is 9.20. The first kappa shape index (κ1) is 24.6. The molecule has 4 N–H and O–H groups in total. The topological polar surface area (TPSA) is 142 Å². The third kappa shape index (κ3) is 8.27. The van der Waals surface area contributed by atoms with Gasteiger partial charge in [-0.25, -0.2) is 9.59 Å². The summed E-state index contributed by atoms with van der Waals surface area (Å²) < 4.78 is 4.79. The number of methoxy groups -OCH3 is 1. The number of benzene rings is 2. The molecule has 1 atom stereocenters. The Labute approximate surface area is 174 Å². The van der Waals surface area contributed by atoms with Gasteiger partial charge in [0.15, 0.2) is 0 Å². The number of ether oxygens (including phenoxy) is 1. The lowest BCUT2D eigenvalue weighted by Gasteiger charge is -2.18. The van der Waals surface area contributed by atoms with Crippen LogP contribution >= 0.6 is 0 Å². The quantitative estimate of drug-likeness (QED) is 0.396. The van der Waals surface area contributed by atoms with Gasteiger partial charge in [0, 0.05) is 11.1 Å². The Morgan fingerprint density at radius 1 is 0.967 bits per heavy atom. The second kappa shape index (κ2) is 12.2. The van der Waals surface area contributed by atoms with E-state index >= 15 is 0 Å². The number of amides is 1. The van der Waals surface area contributed by atoms with Crippen LogP contribution in [0, 0.1) is 5.92 Å². The second-order valence-corrected chi connectivity index (χ2v) is 6.77. The lowest BCUT2D eigenvalue weighted by Crippen LogP contribution is -2.42. The zero-order chi connectivity index (χ0) is 22.7. The van der Waals surface area contributed by atoms with Crippen LogP contribution in [0.4, 0.5) is 5.69 Å². The molecule has 1 amide bonds. The maximum Gasteiger partial charge on any atom is 0.414 e. The van der Waals surface area contributed by atoms with Crippen LogP contribution in [0.25, 0.3) is 10.8 Å². The summed E-state index contributed by atoms with van der Waals surface area (Å²) in [5, 5.41) is 22.7. The summed E-state index contributed by atoms with van der Waals surface area (Å²) in [6, 6.07) is 13.2. The van der Waals surface area contributed by atoms with Crippen molar-refractivity contribution in [2.75, 3.05) is 19.0 Å². The van der Waals surface area contributed by atoms with Crippen molar-refractivity contribution >= 4 is 40.3 Å². The Morgan fingerprint density at radius 2 is 1.57 bits per heavy atom. The van der Waals surface area contributed by atoms with Crippen molar-refractivity contribution in [2.45, 2.75) is 26.3 Å². The number of anilines is 1. The van der Waals surface area contributed by atoms with Gasteiger partial charge in [0.25, 0.3) is 0 Å². The molecular weight excluding hydrogens is 392 g/mol. The third-order valence-electron chi connectivity index (χ3n) is 3.95. The van der Waals surface area contributed by atoms with E-state index in [9.17, 15) is 9.59 Å². The molecule has 0 aliphatic rings. The number of nitrogens with one attached hydrogen (secondary N) is 2. The van der Waals surface area contributed by atoms with Crippen LogP contribution in [0.1, 0.15) is 20.3 Å². The predicted molar refractivity (Wildman–Crippen MR) is 111 cm³/mol. The molecule has 0 spiro atoms. The molecule has 2 aromatic carbocycles. The van der Waals surface area contributed by atoms with Gasteiger partial charge in [0.1, 0.15) is 6.04 Å². The Kier molecular flexibility index (Phi) is 9.98. The SMILES string of the molecule is COC(=O)C(CC(C)C)NCC(=O)Nc1cccc2ccccc12.O=C(O)C(=O)O. The predicted octanol–water partition coefficient (Wildman–Crippen LogP) is 2.11. The molecule has 0 fully saturated rings. The molecule has 0 aliphatic carbocycles. The van der Waals surface area contributed by atoms with Gasteiger partial charge in [-0.2, -0.15) is 0 Å². The van der Waals surface area contributed by atoms with Crippen LogP contribution < -0.4 is 10.6 Å². The Morgan fingerprint density at radius 3 is 2.13 bits per heavy atom. The number of fused-ring (bicyclic) bond motifs is 1. The average molecular weight is 418 g/mol. The number of carbonyl (C=O) groups excluding carboxylic acids is 2. The monoisotopic (exact) mass is 418 g/mol. The standard InChI is InChI=1S/C19H24N2O3.C2H2O4/c1-13(2)11-17(19(23)24-3)20-12-18(22)21-16-10-6-8-14-7-4-5-9-15(14)16;3-1(4)2(5)6/h4-10,13,17,20H,11-12H2,1-3H3,(H,21,22);(H,3,4)(H,5,6). The molecule has 0 heterocycles. The summed E-state index contributed by atoms with van der Waals surface area (Å²) in [5.74, 6) is -3.86. The Bertz CT molecular complexity index is 879. The van der Waals surface area contributed by atoms with Crippen LogP contribution in [0.2, 0.25) is 0 Å². The molecule has 9 heteroatoms. The molecule has 0 saturated heterocycles. The number of carboxylic acid groups (broad SMARTS) is 2. The van der Waals surface area contributed by atoms with E-state index in [2.05, 4.69) is 10.6 Å². The van der Waals surface area contributed by atoms with Crippen molar-refractivity contribution in [3.8, 4) is 0 Å². The second-order valence-electron chi connectivity index (χ2n) is 6.77. The minimum Gasteiger partial charge on any atom is -0.473 e. The maximum atomic E-state index is 12.2. The molecule has 2 aromatic rings. The Balaban J connectivity index is 0.000000656. The lowest BCUT2D eigenvalue weighted by molar-refractivity contribution is -0.159. The van der Waals surface area contributed by atoms with Gasteiger partial charge in [-0.3, -0.25) is 14.9 Å². The normalized spacial score (nSPS) is 11.2. The number of rotatable bonds is 7. The van der Waals surface area contributed by atoms with Crippen molar-refractivity contribution < 1.29 is 34.1 Å². The molecular formula is C21H26N2O7. The van der Waals surface area contributed by atoms with Gasteiger partial charge < -0.3 is 20.3 Å². The van der Waals surface area contributed by atoms with Crippen molar-refractivity contribution in [2.24, 2.45) is 5.92 Å². The first-order chi connectivity index (χ1) is 14.1. The summed E-state index contributed by atoms with van der Waals surface area (Å²) in [7, 11) is 1.35. The molecule has 1 unspecified atom stereocenters. The van der Waals surface area contributed by atoms with E-state index in [1.807, 2.05) is 56.3 Å². The van der Waals surface area contributed by atoms with E-state index in [4.69, 9.17) is 24.5 Å². The number of carboxylic acids is 2. The third-order valence-corrected chi connectivity index (χ3v) is 3.95. The first-order valence-corrected chi connectivity index (χ1v) is 9.20. The summed E-state index contributed by atoms with van der Waals surface area (Å²) >= 11 is 0. The van der Waals surface area contributed by atoms with Crippen molar-refractivity contribution in [1.82, 2.24) is 5.32 Å². The van der Waals surface area contributed by atoms with Crippen LogP contribution in [-0.2, 0) is 23.9 Å². The van der Waals surface area contributed by atoms with E-state index in [-0.39, 0.29) is 18.4 Å². The van der Waals surface area contributed by atoms with E-state index in [1.54, 1.807) is 0 Å². The molecule has 0 aromatic heterocycles. The van der Waals surface area contributed by atoms with Crippen LogP contribution in [-0.4, -0.2) is 53.7 Å². The molecule has 9 nitrogen and oxygen atoms in total. The lowest BCUT2D eigenvalue weighted by atomic mass is 10.0. The van der Waals surface area contributed by atoms with Crippen molar-refractivity contribution in [3.63, 3.8) is 0 Å². The largest absolute Gasteiger partial charge is 0.473 e. The number of aliphatic carboxylic acids is 2. The minimum atomic E-state index is -1.82. The average Bonchev–Trinajstić information content (AvgIpc) is 2.71.